The number of hydrogen-bond acceptors (Lipinski definition) is 6. The number of nitrogens with zero attached hydrogens (tertiary/aromatic N) is 9. The minimum absolute atomic E-state index is 0.151. The van der Waals surface area contributed by atoms with E-state index in [0.717, 1.165) is 52.3 Å². The highest BCUT2D eigenvalue weighted by molar-refractivity contribution is 5.28. The Morgan fingerprint density at radius 2 is 1.15 bits per heavy atom. The Labute approximate surface area is 194 Å². The molecule has 0 aromatic carbocycles. The van der Waals surface area contributed by atoms with Gasteiger partial charge >= 0.3 is 0 Å². The fourth-order valence-electron chi connectivity index (χ4n) is 3.95. The quantitative estimate of drug-likeness (QED) is 0.419. The lowest BCUT2D eigenvalue weighted by Gasteiger charge is -2.19. The lowest BCUT2D eigenvalue weighted by molar-refractivity contribution is 0.209. The van der Waals surface area contributed by atoms with Gasteiger partial charge in [-0.3, -0.25) is 14.3 Å². The van der Waals surface area contributed by atoms with Gasteiger partial charge in [0.05, 0.1) is 11.4 Å². The molecule has 10 heteroatoms. The predicted octanol–water partition coefficient (Wildman–Crippen LogP) is 2.14. The molecule has 0 atom stereocenters. The Kier molecular flexibility index (Phi) is 6.48. The summed E-state index contributed by atoms with van der Waals surface area (Å²) in [4.78, 5) is 2.27. The maximum absolute atomic E-state index is 9.41. The molecule has 4 rings (SSSR count). The Balaban J connectivity index is 1.54. The molecule has 1 N–H and O–H groups in total. The number of aryl methyl sites for hydroxylation is 6. The number of aliphatic hydroxyl groups is 1. The van der Waals surface area contributed by atoms with Gasteiger partial charge in [0.25, 0.3) is 0 Å². The van der Waals surface area contributed by atoms with E-state index in [0.29, 0.717) is 19.5 Å². The molecule has 0 aliphatic carbocycles. The number of hydrogen-bond donors (Lipinski definition) is 1. The topological polar surface area (TPSA) is 94.8 Å². The van der Waals surface area contributed by atoms with Crippen LogP contribution in [0.4, 0.5) is 0 Å². The third kappa shape index (κ3) is 4.91. The van der Waals surface area contributed by atoms with Crippen molar-refractivity contribution in [2.75, 3.05) is 13.2 Å². The molecule has 176 valence electrons. The monoisotopic (exact) mass is 451 g/mol. The fourth-order valence-corrected chi connectivity index (χ4v) is 3.95. The zero-order valence-corrected chi connectivity index (χ0v) is 20.3. The van der Waals surface area contributed by atoms with E-state index in [1.54, 1.807) is 0 Å². The summed E-state index contributed by atoms with van der Waals surface area (Å²) < 4.78 is 7.47. The molecule has 4 aromatic rings. The lowest BCUT2D eigenvalue weighted by Crippen LogP contribution is -2.25. The van der Waals surface area contributed by atoms with E-state index in [2.05, 4.69) is 27.2 Å². The second kappa shape index (κ2) is 9.32. The summed E-state index contributed by atoms with van der Waals surface area (Å²) in [5.41, 5.74) is 6.17. The van der Waals surface area contributed by atoms with Crippen molar-refractivity contribution in [3.63, 3.8) is 0 Å². The lowest BCUT2D eigenvalue weighted by atomic mass is 10.3. The van der Waals surface area contributed by atoms with Gasteiger partial charge in [0.15, 0.2) is 11.6 Å². The van der Waals surface area contributed by atoms with Gasteiger partial charge in [-0.25, -0.2) is 9.36 Å². The Morgan fingerprint density at radius 1 is 0.697 bits per heavy atom. The average molecular weight is 452 g/mol. The normalized spacial score (nSPS) is 11.8. The van der Waals surface area contributed by atoms with E-state index < -0.39 is 0 Å². The summed E-state index contributed by atoms with van der Waals surface area (Å²) in [6, 6.07) is 8.25. The highest BCUT2D eigenvalue weighted by Gasteiger charge is 2.16. The van der Waals surface area contributed by atoms with Crippen molar-refractivity contribution in [1.29, 1.82) is 0 Å². The summed E-state index contributed by atoms with van der Waals surface area (Å²) in [7, 11) is 3.87. The van der Waals surface area contributed by atoms with Gasteiger partial charge in [-0.05, 0) is 46.2 Å². The van der Waals surface area contributed by atoms with Gasteiger partial charge in [0.1, 0.15) is 0 Å². The van der Waals surface area contributed by atoms with E-state index in [1.807, 2.05) is 72.7 Å². The second-order valence-corrected chi connectivity index (χ2v) is 8.70. The van der Waals surface area contributed by atoms with Crippen molar-refractivity contribution >= 4 is 0 Å². The number of aliphatic hydroxyl groups excluding tert-OH is 1. The van der Waals surface area contributed by atoms with E-state index >= 15 is 0 Å². The summed E-state index contributed by atoms with van der Waals surface area (Å²) in [5, 5.41) is 28.1. The van der Waals surface area contributed by atoms with Crippen molar-refractivity contribution in [3.8, 4) is 11.6 Å². The van der Waals surface area contributed by atoms with E-state index in [9.17, 15) is 5.11 Å². The van der Waals surface area contributed by atoms with Gasteiger partial charge in [-0.1, -0.05) is 0 Å². The van der Waals surface area contributed by atoms with Crippen LogP contribution in [0.1, 0.15) is 40.6 Å². The molecule has 0 amide bonds. The van der Waals surface area contributed by atoms with Crippen LogP contribution in [0.2, 0.25) is 0 Å². The molecule has 4 aromatic heterocycles. The second-order valence-electron chi connectivity index (χ2n) is 8.70. The summed E-state index contributed by atoms with van der Waals surface area (Å²) in [5.74, 6) is 1.64. The highest BCUT2D eigenvalue weighted by Crippen LogP contribution is 2.17. The predicted molar refractivity (Wildman–Crippen MR) is 125 cm³/mol. The zero-order chi connectivity index (χ0) is 23.7. The van der Waals surface area contributed by atoms with Crippen LogP contribution in [0.3, 0.4) is 0 Å². The van der Waals surface area contributed by atoms with Crippen molar-refractivity contribution in [2.24, 2.45) is 14.1 Å². The maximum atomic E-state index is 9.41. The van der Waals surface area contributed by atoms with Crippen LogP contribution in [0.5, 0.6) is 0 Å². The molecular weight excluding hydrogens is 418 g/mol. The van der Waals surface area contributed by atoms with Gasteiger partial charge < -0.3 is 5.11 Å². The van der Waals surface area contributed by atoms with Gasteiger partial charge in [0.2, 0.25) is 0 Å². The Hall–Kier alpha value is -3.24. The standard InChI is InChI=1S/C23H33N9O/c1-16-12-22(26-28(16)5)31-18(3)10-20(24-31)14-30(8-7-9-33)15-21-11-19(4)32(25-21)23-13-17(2)29(6)27-23/h10-13,33H,7-9,14-15H2,1-6H3. The first kappa shape index (κ1) is 22.9. The fraction of sp³-hybridized carbons (Fsp3) is 0.478. The molecule has 0 aliphatic heterocycles. The first-order valence-electron chi connectivity index (χ1n) is 11.2. The van der Waals surface area contributed by atoms with E-state index in [4.69, 9.17) is 10.2 Å². The minimum Gasteiger partial charge on any atom is -0.396 e. The van der Waals surface area contributed by atoms with Gasteiger partial charge in [0, 0.05) is 75.2 Å². The van der Waals surface area contributed by atoms with Crippen LogP contribution in [0, 0.1) is 27.7 Å². The number of rotatable bonds is 9. The molecule has 4 heterocycles. The summed E-state index contributed by atoms with van der Waals surface area (Å²) >= 11 is 0. The van der Waals surface area contributed by atoms with Gasteiger partial charge in [-0.15, -0.1) is 0 Å². The van der Waals surface area contributed by atoms with Crippen LogP contribution >= 0.6 is 0 Å². The zero-order valence-electron chi connectivity index (χ0n) is 20.3. The van der Waals surface area contributed by atoms with Crippen LogP contribution in [0.15, 0.2) is 24.3 Å². The molecule has 0 saturated heterocycles. The average Bonchev–Trinajstić information content (AvgIpc) is 3.49. The highest BCUT2D eigenvalue weighted by atomic mass is 16.3. The Morgan fingerprint density at radius 3 is 1.52 bits per heavy atom. The first-order chi connectivity index (χ1) is 15.7. The smallest absolute Gasteiger partial charge is 0.175 e. The third-order valence-corrected chi connectivity index (χ3v) is 5.92. The maximum Gasteiger partial charge on any atom is 0.175 e. The van der Waals surface area contributed by atoms with Crippen LogP contribution < -0.4 is 0 Å². The molecule has 0 bridgehead atoms. The van der Waals surface area contributed by atoms with Crippen LogP contribution in [-0.4, -0.2) is 62.3 Å². The Bertz CT molecular complexity index is 1110. The summed E-state index contributed by atoms with van der Waals surface area (Å²) in [6.07, 6.45) is 0.693. The largest absolute Gasteiger partial charge is 0.396 e. The number of aromatic nitrogens is 8. The van der Waals surface area contributed by atoms with Crippen molar-refractivity contribution in [3.05, 3.63) is 58.4 Å². The SMILES string of the molecule is Cc1cc(-n2nc(CN(CCCO)Cc3cc(C)n(-c4cc(C)n(C)n4)n3)cc2C)nn1C. The van der Waals surface area contributed by atoms with Crippen molar-refractivity contribution < 1.29 is 5.11 Å². The molecule has 33 heavy (non-hydrogen) atoms. The van der Waals surface area contributed by atoms with Crippen molar-refractivity contribution in [1.82, 2.24) is 44.0 Å². The molecule has 0 aliphatic rings. The molecule has 10 nitrogen and oxygen atoms in total. The molecule has 0 unspecified atom stereocenters. The molecule has 0 saturated carbocycles. The molecular formula is C23H33N9O. The molecule has 0 fully saturated rings. The summed E-state index contributed by atoms with van der Waals surface area (Å²) in [6.45, 7) is 10.4. The third-order valence-electron chi connectivity index (χ3n) is 5.92. The van der Waals surface area contributed by atoms with E-state index in [-0.39, 0.29) is 6.61 Å². The minimum atomic E-state index is 0.151. The van der Waals surface area contributed by atoms with E-state index in [1.165, 1.54) is 0 Å². The first-order valence-corrected chi connectivity index (χ1v) is 11.2. The van der Waals surface area contributed by atoms with Gasteiger partial charge in [-0.2, -0.15) is 20.4 Å². The molecule has 0 radical (unpaired) electrons. The molecule has 0 spiro atoms. The van der Waals surface area contributed by atoms with Crippen LogP contribution in [-0.2, 0) is 27.2 Å². The van der Waals surface area contributed by atoms with Crippen LogP contribution in [0.25, 0.3) is 11.6 Å². The van der Waals surface area contributed by atoms with Crippen molar-refractivity contribution in [2.45, 2.75) is 47.2 Å².